The zero-order valence-corrected chi connectivity index (χ0v) is 10.9. The molecule has 0 spiro atoms. The van der Waals surface area contributed by atoms with Gasteiger partial charge in [-0.05, 0) is 49.3 Å². The molecule has 0 amide bonds. The molecular weight excluding hydrogens is 212 g/mol. The van der Waals surface area contributed by atoms with Gasteiger partial charge in [-0.3, -0.25) is 0 Å². The molecule has 0 radical (unpaired) electrons. The predicted molar refractivity (Wildman–Crippen MR) is 69.5 cm³/mol. The highest BCUT2D eigenvalue weighted by Crippen LogP contribution is 2.31. The molecule has 2 rings (SSSR count). The first-order valence-electron chi connectivity index (χ1n) is 6.53. The van der Waals surface area contributed by atoms with Crippen LogP contribution in [0.1, 0.15) is 50.2 Å². The van der Waals surface area contributed by atoms with Gasteiger partial charge in [0.15, 0.2) is 0 Å². The molecule has 1 fully saturated rings. The van der Waals surface area contributed by atoms with Crippen molar-refractivity contribution < 1.29 is 9.84 Å². The van der Waals surface area contributed by atoms with Gasteiger partial charge in [-0.15, -0.1) is 0 Å². The minimum atomic E-state index is -0.296. The first-order valence-corrected chi connectivity index (χ1v) is 6.53. The van der Waals surface area contributed by atoms with Crippen LogP contribution in [0.5, 0.6) is 5.75 Å². The van der Waals surface area contributed by atoms with E-state index in [2.05, 4.69) is 39.0 Å². The van der Waals surface area contributed by atoms with E-state index >= 15 is 0 Å². The molecule has 0 heterocycles. The summed E-state index contributed by atoms with van der Waals surface area (Å²) in [4.78, 5) is 0. The minimum Gasteiger partial charge on any atom is -0.487 e. The second-order valence-corrected chi connectivity index (χ2v) is 5.35. The van der Waals surface area contributed by atoms with Crippen LogP contribution in [0.15, 0.2) is 18.2 Å². The van der Waals surface area contributed by atoms with Crippen LogP contribution in [0.2, 0.25) is 0 Å². The summed E-state index contributed by atoms with van der Waals surface area (Å²) in [5, 5.41) is 9.82. The highest BCUT2D eigenvalue weighted by molar-refractivity contribution is 5.39. The highest BCUT2D eigenvalue weighted by atomic mass is 16.5. The zero-order valence-electron chi connectivity index (χ0n) is 10.9. The van der Waals surface area contributed by atoms with Gasteiger partial charge in [-0.2, -0.15) is 0 Å². The lowest BCUT2D eigenvalue weighted by molar-refractivity contribution is 0.0596. The van der Waals surface area contributed by atoms with Gasteiger partial charge >= 0.3 is 0 Å². The molecule has 94 valence electrons. The van der Waals surface area contributed by atoms with Crippen molar-refractivity contribution in [1.82, 2.24) is 0 Å². The molecule has 0 unspecified atom stereocenters. The Balaban J connectivity index is 2.21. The number of aliphatic hydroxyl groups excluding tert-OH is 1. The summed E-state index contributed by atoms with van der Waals surface area (Å²) in [7, 11) is 0. The summed E-state index contributed by atoms with van der Waals surface area (Å²) in [5.74, 6) is 1.40. The third-order valence-electron chi connectivity index (χ3n) is 3.49. The van der Waals surface area contributed by atoms with E-state index in [9.17, 15) is 5.11 Å². The Bertz CT molecular complexity index is 385. The van der Waals surface area contributed by atoms with Crippen LogP contribution in [0.25, 0.3) is 0 Å². The van der Waals surface area contributed by atoms with Crippen molar-refractivity contribution >= 4 is 0 Å². The number of rotatable bonds is 3. The van der Waals surface area contributed by atoms with Gasteiger partial charge in [0.1, 0.15) is 11.9 Å². The Morgan fingerprint density at radius 1 is 1.29 bits per heavy atom. The average Bonchev–Trinajstić information content (AvgIpc) is 2.64. The lowest BCUT2D eigenvalue weighted by Crippen LogP contribution is -2.26. The van der Waals surface area contributed by atoms with E-state index in [1.54, 1.807) is 0 Å². The van der Waals surface area contributed by atoms with Gasteiger partial charge in [0.25, 0.3) is 0 Å². The molecule has 2 atom stereocenters. The number of aryl methyl sites for hydroxylation is 1. The van der Waals surface area contributed by atoms with Gasteiger partial charge in [-0.25, -0.2) is 0 Å². The Kier molecular flexibility index (Phi) is 3.72. The molecule has 1 aliphatic carbocycles. The number of hydrogen-bond donors (Lipinski definition) is 1. The zero-order chi connectivity index (χ0) is 12.4. The normalized spacial score (nSPS) is 24.3. The smallest absolute Gasteiger partial charge is 0.124 e. The second-order valence-electron chi connectivity index (χ2n) is 5.35. The highest BCUT2D eigenvalue weighted by Gasteiger charge is 2.27. The Hall–Kier alpha value is -1.02. The maximum atomic E-state index is 9.82. The molecule has 1 aliphatic rings. The molecule has 1 aromatic carbocycles. The van der Waals surface area contributed by atoms with Gasteiger partial charge in [0, 0.05) is 0 Å². The minimum absolute atomic E-state index is 0.0192. The van der Waals surface area contributed by atoms with Crippen LogP contribution >= 0.6 is 0 Å². The molecule has 0 aromatic heterocycles. The molecule has 1 aromatic rings. The molecule has 0 bridgehead atoms. The van der Waals surface area contributed by atoms with Crippen molar-refractivity contribution in [3.63, 3.8) is 0 Å². The molecule has 1 N–H and O–H groups in total. The van der Waals surface area contributed by atoms with Gasteiger partial charge in [0.05, 0.1) is 6.10 Å². The lowest BCUT2D eigenvalue weighted by atomic mass is 10.0. The topological polar surface area (TPSA) is 29.5 Å². The molecule has 0 aliphatic heterocycles. The fourth-order valence-corrected chi connectivity index (χ4v) is 2.43. The summed E-state index contributed by atoms with van der Waals surface area (Å²) >= 11 is 0. The van der Waals surface area contributed by atoms with Crippen molar-refractivity contribution in [3.8, 4) is 5.75 Å². The van der Waals surface area contributed by atoms with Crippen LogP contribution in [-0.2, 0) is 0 Å². The van der Waals surface area contributed by atoms with E-state index in [-0.39, 0.29) is 12.2 Å². The van der Waals surface area contributed by atoms with E-state index < -0.39 is 0 Å². The number of benzene rings is 1. The van der Waals surface area contributed by atoms with Crippen molar-refractivity contribution in [2.24, 2.45) is 0 Å². The summed E-state index contributed by atoms with van der Waals surface area (Å²) < 4.78 is 6.01. The molecule has 2 nitrogen and oxygen atoms in total. The van der Waals surface area contributed by atoms with Crippen LogP contribution in [0.3, 0.4) is 0 Å². The fourth-order valence-electron chi connectivity index (χ4n) is 2.43. The first kappa shape index (κ1) is 12.4. The van der Waals surface area contributed by atoms with Crippen molar-refractivity contribution in [2.45, 2.75) is 58.2 Å². The first-order chi connectivity index (χ1) is 8.08. The third-order valence-corrected chi connectivity index (χ3v) is 3.49. The lowest BCUT2D eigenvalue weighted by Gasteiger charge is -2.21. The fraction of sp³-hybridized carbons (Fsp3) is 0.600. The maximum Gasteiger partial charge on any atom is 0.124 e. The van der Waals surface area contributed by atoms with E-state index in [0.717, 1.165) is 25.0 Å². The Morgan fingerprint density at radius 3 is 2.65 bits per heavy atom. The van der Waals surface area contributed by atoms with Crippen molar-refractivity contribution in [1.29, 1.82) is 0 Å². The molecular formula is C15H22O2. The standard InChI is InChI=1S/C15H22O2/c1-10(2)12-8-7-11(3)9-15(12)17-14-6-4-5-13(14)16/h7-10,13-14,16H,4-6H2,1-3H3/t13-,14-/m0/s1. The van der Waals surface area contributed by atoms with Crippen LogP contribution in [0.4, 0.5) is 0 Å². The summed E-state index contributed by atoms with van der Waals surface area (Å²) in [6, 6.07) is 6.34. The van der Waals surface area contributed by atoms with Crippen LogP contribution < -0.4 is 4.74 Å². The van der Waals surface area contributed by atoms with Crippen LogP contribution in [0, 0.1) is 6.92 Å². The Morgan fingerprint density at radius 2 is 2.06 bits per heavy atom. The average molecular weight is 234 g/mol. The van der Waals surface area contributed by atoms with E-state index in [1.807, 2.05) is 0 Å². The molecule has 1 saturated carbocycles. The predicted octanol–water partition coefficient (Wildman–Crippen LogP) is 3.41. The van der Waals surface area contributed by atoms with E-state index in [4.69, 9.17) is 4.74 Å². The van der Waals surface area contributed by atoms with Gasteiger partial charge in [-0.1, -0.05) is 26.0 Å². The monoisotopic (exact) mass is 234 g/mol. The van der Waals surface area contributed by atoms with E-state index in [1.165, 1.54) is 11.1 Å². The SMILES string of the molecule is Cc1ccc(C(C)C)c(O[C@H]2CCC[C@@H]2O)c1. The van der Waals surface area contributed by atoms with Crippen LogP contribution in [-0.4, -0.2) is 17.3 Å². The number of ether oxygens (including phenoxy) is 1. The molecule has 17 heavy (non-hydrogen) atoms. The van der Waals surface area contributed by atoms with E-state index in [0.29, 0.717) is 5.92 Å². The number of aliphatic hydroxyl groups is 1. The van der Waals surface area contributed by atoms with Crippen molar-refractivity contribution in [3.05, 3.63) is 29.3 Å². The summed E-state index contributed by atoms with van der Waals surface area (Å²) in [6.07, 6.45) is 2.58. The third kappa shape index (κ3) is 2.81. The summed E-state index contributed by atoms with van der Waals surface area (Å²) in [6.45, 7) is 6.41. The quantitative estimate of drug-likeness (QED) is 0.868. The molecule has 2 heteroatoms. The maximum absolute atomic E-state index is 9.82. The molecule has 0 saturated heterocycles. The van der Waals surface area contributed by atoms with Crippen molar-refractivity contribution in [2.75, 3.05) is 0 Å². The summed E-state index contributed by atoms with van der Waals surface area (Å²) in [5.41, 5.74) is 2.44. The number of hydrogen-bond acceptors (Lipinski definition) is 2. The van der Waals surface area contributed by atoms with Gasteiger partial charge in [0.2, 0.25) is 0 Å². The second kappa shape index (κ2) is 5.09. The Labute approximate surface area is 104 Å². The largest absolute Gasteiger partial charge is 0.487 e. The van der Waals surface area contributed by atoms with Gasteiger partial charge < -0.3 is 9.84 Å².